The van der Waals surface area contributed by atoms with Gasteiger partial charge in [-0.3, -0.25) is 0 Å². The molecule has 4 rings (SSSR count). The lowest BCUT2D eigenvalue weighted by atomic mass is 10.3. The number of rotatable bonds is 9. The largest absolute Gasteiger partial charge is 0.502 e. The third-order valence-electron chi connectivity index (χ3n) is 4.01. The minimum Gasteiger partial charge on any atom is -0.502 e. The van der Waals surface area contributed by atoms with E-state index in [-0.39, 0.29) is 69.0 Å². The van der Waals surface area contributed by atoms with Crippen LogP contribution in [-0.2, 0) is 6.42 Å². The van der Waals surface area contributed by atoms with E-state index < -0.39 is 0 Å². The van der Waals surface area contributed by atoms with Crippen molar-refractivity contribution >= 4 is 56.5 Å². The Hall–Kier alpha value is -3.70. The zero-order chi connectivity index (χ0) is 23.5. The lowest BCUT2D eigenvalue weighted by Crippen LogP contribution is -2.07. The maximum Gasteiger partial charge on any atom is 0.270 e. The molecule has 0 bridgehead atoms. The maximum atomic E-state index is 10.2. The summed E-state index contributed by atoms with van der Waals surface area (Å²) in [4.78, 5) is 13.4. The number of aromatic hydroxyl groups is 3. The monoisotopic (exact) mass is 512 g/mol. The second-order valence-electron chi connectivity index (χ2n) is 6.03. The minimum atomic E-state index is -0.200. The van der Waals surface area contributed by atoms with E-state index in [4.69, 9.17) is 14.2 Å². The first-order valence-corrected chi connectivity index (χ1v) is 11.2. The molecule has 0 unspecified atom stereocenters. The summed E-state index contributed by atoms with van der Waals surface area (Å²) in [7, 11) is 4.16. The summed E-state index contributed by atoms with van der Waals surface area (Å²) in [6.07, 6.45) is 0.106. The molecule has 0 radical (unpaired) electrons. The molecule has 0 spiro atoms. The summed E-state index contributed by atoms with van der Waals surface area (Å²) in [5.41, 5.74) is 0. The molecule has 33 heavy (non-hydrogen) atoms. The van der Waals surface area contributed by atoms with E-state index in [1.807, 2.05) is 0 Å². The molecule has 14 nitrogen and oxygen atoms in total. The van der Waals surface area contributed by atoms with Gasteiger partial charge in [-0.1, -0.05) is 0 Å². The number of hydrogen-bond donors (Lipinski definition) is 5. The Morgan fingerprint density at radius 3 is 1.55 bits per heavy atom. The quantitative estimate of drug-likeness (QED) is 0.220. The van der Waals surface area contributed by atoms with Crippen LogP contribution in [0.25, 0.3) is 0 Å². The number of nitrogens with one attached hydrogen (secondary N) is 2. The molecule has 0 aliphatic heterocycles. The van der Waals surface area contributed by atoms with Gasteiger partial charge in [-0.05, 0) is 34.6 Å². The Morgan fingerprint density at radius 1 is 0.667 bits per heavy atom. The van der Waals surface area contributed by atoms with Gasteiger partial charge >= 0.3 is 0 Å². The molecular weight excluding hydrogens is 496 g/mol. The fraction of sp³-hybridized carbons (Fsp3) is 0.250. The number of anilines is 4. The molecule has 174 valence electrons. The first-order valence-electron chi connectivity index (χ1n) is 8.89. The van der Waals surface area contributed by atoms with Gasteiger partial charge in [0.1, 0.15) is 5.82 Å². The van der Waals surface area contributed by atoms with E-state index in [2.05, 4.69) is 38.7 Å². The van der Waals surface area contributed by atoms with E-state index >= 15 is 0 Å². The fourth-order valence-electron chi connectivity index (χ4n) is 2.48. The van der Waals surface area contributed by atoms with Gasteiger partial charge in [-0.25, -0.2) is 0 Å². The lowest BCUT2D eigenvalue weighted by Gasteiger charge is -2.09. The van der Waals surface area contributed by atoms with Crippen molar-refractivity contribution in [2.45, 2.75) is 6.42 Å². The number of methoxy groups -OCH3 is 3. The number of aromatic nitrogens is 6. The smallest absolute Gasteiger partial charge is 0.270 e. The molecule has 0 aromatic carbocycles. The van der Waals surface area contributed by atoms with E-state index in [9.17, 15) is 15.3 Å². The highest BCUT2D eigenvalue weighted by Crippen LogP contribution is 2.40. The molecular formula is C16H16N8O6S3. The van der Waals surface area contributed by atoms with Crippen molar-refractivity contribution in [3.05, 3.63) is 10.7 Å². The van der Waals surface area contributed by atoms with Crippen molar-refractivity contribution in [1.82, 2.24) is 28.1 Å². The van der Waals surface area contributed by atoms with Gasteiger partial charge < -0.3 is 40.2 Å². The SMILES string of the molecule is COc1nsc(Cc2nc(Nc3snc(OC)c3O)nc(Nc3snc(OC)c3O)n2)c1O. The highest BCUT2D eigenvalue weighted by molar-refractivity contribution is 7.11. The zero-order valence-corrected chi connectivity index (χ0v) is 19.6. The Bertz CT molecular complexity index is 1110. The summed E-state index contributed by atoms with van der Waals surface area (Å²) >= 11 is 2.93. The highest BCUT2D eigenvalue weighted by Gasteiger charge is 2.20. The van der Waals surface area contributed by atoms with Gasteiger partial charge in [0.15, 0.2) is 15.8 Å². The molecule has 0 saturated heterocycles. The normalized spacial score (nSPS) is 10.8. The number of nitrogens with zero attached hydrogens (tertiary/aromatic N) is 6. The van der Waals surface area contributed by atoms with Crippen LogP contribution in [0.5, 0.6) is 34.9 Å². The van der Waals surface area contributed by atoms with Crippen molar-refractivity contribution in [3.8, 4) is 34.9 Å². The van der Waals surface area contributed by atoms with Crippen molar-refractivity contribution in [2.75, 3.05) is 32.0 Å². The molecule has 17 heteroatoms. The molecule has 0 amide bonds. The third kappa shape index (κ3) is 4.59. The Labute approximate surface area is 198 Å². The second kappa shape index (κ2) is 9.43. The summed E-state index contributed by atoms with van der Waals surface area (Å²) in [6, 6.07) is 0. The standard InChI is InChI=1S/C16H16N8O6S3/c1-28-10-7(25)5(31-22-10)4-6-17-15(19-13-8(26)11(29-2)23-32-13)21-16(18-6)20-14-9(27)12(30-3)24-33-14/h25-27H,4H2,1-3H3,(H2,17,18,19,20,21). The first kappa shape index (κ1) is 22.5. The highest BCUT2D eigenvalue weighted by atomic mass is 32.1. The van der Waals surface area contributed by atoms with E-state index in [1.54, 1.807) is 0 Å². The van der Waals surface area contributed by atoms with Crippen LogP contribution in [0.3, 0.4) is 0 Å². The summed E-state index contributed by atoms with van der Waals surface area (Å²) in [5, 5.41) is 36.9. The third-order valence-corrected chi connectivity index (χ3v) is 6.30. The van der Waals surface area contributed by atoms with Crippen molar-refractivity contribution in [2.24, 2.45) is 0 Å². The number of ether oxygens (including phenoxy) is 3. The molecule has 0 fully saturated rings. The molecule has 0 atom stereocenters. The van der Waals surface area contributed by atoms with Crippen LogP contribution in [0.15, 0.2) is 0 Å². The van der Waals surface area contributed by atoms with Crippen LogP contribution in [-0.4, -0.2) is 64.7 Å². The van der Waals surface area contributed by atoms with E-state index in [0.717, 1.165) is 34.6 Å². The summed E-state index contributed by atoms with van der Waals surface area (Å²) in [6.45, 7) is 0. The molecule has 4 heterocycles. The van der Waals surface area contributed by atoms with Crippen LogP contribution in [0.4, 0.5) is 21.9 Å². The molecule has 0 aliphatic carbocycles. The van der Waals surface area contributed by atoms with Crippen molar-refractivity contribution in [3.63, 3.8) is 0 Å². The Balaban J connectivity index is 1.68. The zero-order valence-electron chi connectivity index (χ0n) is 17.2. The predicted molar refractivity (Wildman–Crippen MR) is 120 cm³/mol. The molecule has 0 aliphatic rings. The van der Waals surface area contributed by atoms with Crippen LogP contribution >= 0.6 is 34.6 Å². The summed E-state index contributed by atoms with van der Waals surface area (Å²) in [5.74, 6) is 0.0839. The molecule has 0 saturated carbocycles. The lowest BCUT2D eigenvalue weighted by molar-refractivity contribution is 0.363. The topological polar surface area (TPSA) is 190 Å². The second-order valence-corrected chi connectivity index (χ2v) is 8.43. The van der Waals surface area contributed by atoms with Crippen molar-refractivity contribution < 1.29 is 29.5 Å². The molecule has 5 N–H and O–H groups in total. The van der Waals surface area contributed by atoms with Crippen LogP contribution < -0.4 is 24.8 Å². The van der Waals surface area contributed by atoms with Gasteiger partial charge in [0, 0.05) is 6.42 Å². The van der Waals surface area contributed by atoms with Gasteiger partial charge in [-0.2, -0.15) is 28.1 Å². The number of hydrogen-bond acceptors (Lipinski definition) is 17. The Kier molecular flexibility index (Phi) is 6.43. The minimum absolute atomic E-state index is 0.0542. The first-order chi connectivity index (χ1) is 15.9. The Morgan fingerprint density at radius 2 is 1.12 bits per heavy atom. The van der Waals surface area contributed by atoms with Crippen molar-refractivity contribution in [1.29, 1.82) is 0 Å². The van der Waals surface area contributed by atoms with Crippen LogP contribution in [0.2, 0.25) is 0 Å². The van der Waals surface area contributed by atoms with Gasteiger partial charge in [0.25, 0.3) is 17.6 Å². The van der Waals surface area contributed by atoms with Crippen LogP contribution in [0, 0.1) is 0 Å². The molecule has 4 aromatic heterocycles. The van der Waals surface area contributed by atoms with Crippen LogP contribution in [0.1, 0.15) is 10.7 Å². The van der Waals surface area contributed by atoms with Gasteiger partial charge in [-0.15, -0.1) is 0 Å². The fourth-order valence-corrected chi connectivity index (χ4v) is 4.50. The van der Waals surface area contributed by atoms with E-state index in [1.165, 1.54) is 21.3 Å². The van der Waals surface area contributed by atoms with E-state index in [0.29, 0.717) is 4.88 Å². The molecule has 4 aromatic rings. The van der Waals surface area contributed by atoms with Gasteiger partial charge in [0.05, 0.1) is 26.2 Å². The average molecular weight is 513 g/mol. The summed E-state index contributed by atoms with van der Waals surface area (Å²) < 4.78 is 26.9. The average Bonchev–Trinajstić information content (AvgIpc) is 3.46. The van der Waals surface area contributed by atoms with Gasteiger partial charge in [0.2, 0.25) is 23.4 Å². The maximum absolute atomic E-state index is 10.2. The predicted octanol–water partition coefficient (Wildman–Crippen LogP) is 2.46.